The van der Waals surface area contributed by atoms with Gasteiger partial charge in [0.25, 0.3) is 0 Å². The van der Waals surface area contributed by atoms with E-state index in [2.05, 4.69) is 43.6 Å². The van der Waals surface area contributed by atoms with Crippen LogP contribution in [0.2, 0.25) is 0 Å². The third kappa shape index (κ3) is 3.91. The Morgan fingerprint density at radius 2 is 1.73 bits per heavy atom. The molecule has 0 aromatic carbocycles. The van der Waals surface area contributed by atoms with E-state index in [9.17, 15) is 5.11 Å². The average Bonchev–Trinajstić information content (AvgIpc) is 2.61. The Labute approximate surface area is 153 Å². The van der Waals surface area contributed by atoms with Gasteiger partial charge in [0.2, 0.25) is 0 Å². The monoisotopic (exact) mass is 358 g/mol. The molecule has 2 aromatic rings. The first-order chi connectivity index (χ1) is 12.5. The first kappa shape index (κ1) is 18.5. The molecular formula is C18H26N6O2. The van der Waals surface area contributed by atoms with E-state index >= 15 is 0 Å². The van der Waals surface area contributed by atoms with Crippen LogP contribution in [0.25, 0.3) is 0 Å². The number of hydrogen-bond acceptors (Lipinski definition) is 8. The van der Waals surface area contributed by atoms with Crippen molar-refractivity contribution in [3.05, 3.63) is 35.7 Å². The van der Waals surface area contributed by atoms with Gasteiger partial charge in [0.15, 0.2) is 5.82 Å². The molecule has 1 fully saturated rings. The molecule has 2 aromatic heterocycles. The molecule has 26 heavy (non-hydrogen) atoms. The molecule has 2 N–H and O–H groups in total. The van der Waals surface area contributed by atoms with Crippen LogP contribution in [0.4, 0.5) is 11.6 Å². The second-order valence-electron chi connectivity index (χ2n) is 6.76. The Hall–Kier alpha value is -2.32. The third-order valence-electron chi connectivity index (χ3n) is 4.56. The van der Waals surface area contributed by atoms with Gasteiger partial charge in [0, 0.05) is 49.6 Å². The highest BCUT2D eigenvalue weighted by Crippen LogP contribution is 2.25. The number of aromatic nitrogens is 4. The zero-order valence-electron chi connectivity index (χ0n) is 15.5. The van der Waals surface area contributed by atoms with E-state index in [4.69, 9.17) is 5.11 Å². The van der Waals surface area contributed by atoms with Crippen molar-refractivity contribution in [2.45, 2.75) is 45.9 Å². The molecule has 8 heteroatoms. The number of aryl methyl sites for hydroxylation is 1. The molecule has 2 atom stereocenters. The summed E-state index contributed by atoms with van der Waals surface area (Å²) in [5.74, 6) is 2.85. The maximum Gasteiger partial charge on any atom is 0.156 e. The highest BCUT2D eigenvalue weighted by Gasteiger charge is 2.31. The van der Waals surface area contributed by atoms with E-state index in [0.717, 1.165) is 30.4 Å². The number of aliphatic hydroxyl groups excluding tert-OH is 2. The van der Waals surface area contributed by atoms with Crippen LogP contribution in [0.3, 0.4) is 0 Å². The van der Waals surface area contributed by atoms with Crippen molar-refractivity contribution < 1.29 is 10.2 Å². The SMILES string of the molecule is Cc1cc(N2C[C@@H](C)N(c3ccnc(CCO)n3)[C@@H](C)C2)nc(CO)n1. The summed E-state index contributed by atoms with van der Waals surface area (Å²) in [5.41, 5.74) is 0.853. The topological polar surface area (TPSA) is 98.5 Å². The quantitative estimate of drug-likeness (QED) is 0.806. The summed E-state index contributed by atoms with van der Waals surface area (Å²) in [7, 11) is 0. The van der Waals surface area contributed by atoms with Crippen LogP contribution in [0.5, 0.6) is 0 Å². The molecular weight excluding hydrogens is 332 g/mol. The zero-order valence-corrected chi connectivity index (χ0v) is 15.5. The minimum absolute atomic E-state index is 0.0442. The molecule has 0 radical (unpaired) electrons. The number of anilines is 2. The van der Waals surface area contributed by atoms with Gasteiger partial charge >= 0.3 is 0 Å². The minimum Gasteiger partial charge on any atom is -0.396 e. The fourth-order valence-electron chi connectivity index (χ4n) is 3.56. The first-order valence-corrected chi connectivity index (χ1v) is 8.93. The number of hydrogen-bond donors (Lipinski definition) is 2. The molecule has 1 saturated heterocycles. The lowest BCUT2D eigenvalue weighted by Gasteiger charge is -2.45. The summed E-state index contributed by atoms with van der Waals surface area (Å²) in [4.78, 5) is 22.1. The second-order valence-corrected chi connectivity index (χ2v) is 6.76. The Morgan fingerprint density at radius 1 is 1.04 bits per heavy atom. The minimum atomic E-state index is -0.158. The van der Waals surface area contributed by atoms with Gasteiger partial charge in [-0.2, -0.15) is 0 Å². The van der Waals surface area contributed by atoms with Crippen molar-refractivity contribution >= 4 is 11.6 Å². The maximum absolute atomic E-state index is 9.37. The van der Waals surface area contributed by atoms with Gasteiger partial charge in [-0.3, -0.25) is 0 Å². The molecule has 1 aliphatic heterocycles. The number of rotatable bonds is 5. The largest absolute Gasteiger partial charge is 0.396 e. The summed E-state index contributed by atoms with van der Waals surface area (Å²) in [6.07, 6.45) is 2.21. The number of piperazine rings is 1. The van der Waals surface area contributed by atoms with Crippen molar-refractivity contribution in [1.82, 2.24) is 19.9 Å². The van der Waals surface area contributed by atoms with Gasteiger partial charge in [-0.05, 0) is 26.8 Å². The van der Waals surface area contributed by atoms with E-state index in [1.54, 1.807) is 6.20 Å². The van der Waals surface area contributed by atoms with E-state index < -0.39 is 0 Å². The van der Waals surface area contributed by atoms with Gasteiger partial charge in [-0.25, -0.2) is 19.9 Å². The summed E-state index contributed by atoms with van der Waals surface area (Å²) >= 11 is 0. The lowest BCUT2D eigenvalue weighted by molar-refractivity contribution is 0.271. The maximum atomic E-state index is 9.37. The molecule has 0 amide bonds. The van der Waals surface area contributed by atoms with Crippen LogP contribution in [-0.2, 0) is 13.0 Å². The lowest BCUT2D eigenvalue weighted by atomic mass is 10.1. The average molecular weight is 358 g/mol. The predicted octanol–water partition coefficient (Wildman–Crippen LogP) is 0.706. The van der Waals surface area contributed by atoms with Gasteiger partial charge in [-0.1, -0.05) is 0 Å². The van der Waals surface area contributed by atoms with Crippen LogP contribution in [0, 0.1) is 6.92 Å². The Kier molecular flexibility index (Phi) is 5.63. The van der Waals surface area contributed by atoms with Gasteiger partial charge < -0.3 is 20.0 Å². The first-order valence-electron chi connectivity index (χ1n) is 8.93. The molecule has 1 aliphatic rings. The normalized spacial score (nSPS) is 20.5. The molecule has 0 aliphatic carbocycles. The van der Waals surface area contributed by atoms with E-state index in [1.165, 1.54) is 0 Å². The Morgan fingerprint density at radius 3 is 2.38 bits per heavy atom. The van der Waals surface area contributed by atoms with Crippen LogP contribution in [-0.4, -0.2) is 61.9 Å². The molecule has 3 heterocycles. The molecule has 140 valence electrons. The highest BCUT2D eigenvalue weighted by molar-refractivity contribution is 5.48. The molecule has 8 nitrogen and oxygen atoms in total. The Bertz CT molecular complexity index is 744. The smallest absolute Gasteiger partial charge is 0.156 e. The van der Waals surface area contributed by atoms with Crippen LogP contribution < -0.4 is 9.80 Å². The summed E-state index contributed by atoms with van der Waals surface area (Å²) in [5, 5.41) is 18.5. The molecule has 0 spiro atoms. The highest BCUT2D eigenvalue weighted by atomic mass is 16.3. The van der Waals surface area contributed by atoms with Gasteiger partial charge in [0.05, 0.1) is 6.61 Å². The summed E-state index contributed by atoms with van der Waals surface area (Å²) in [6.45, 7) is 7.72. The Balaban J connectivity index is 1.81. The van der Waals surface area contributed by atoms with Gasteiger partial charge in [-0.15, -0.1) is 0 Å². The van der Waals surface area contributed by atoms with E-state index in [0.29, 0.717) is 18.1 Å². The van der Waals surface area contributed by atoms with Crippen molar-refractivity contribution in [2.75, 3.05) is 29.5 Å². The van der Waals surface area contributed by atoms with E-state index in [1.807, 2.05) is 19.1 Å². The van der Waals surface area contributed by atoms with Crippen LogP contribution >= 0.6 is 0 Å². The van der Waals surface area contributed by atoms with Crippen molar-refractivity contribution in [2.24, 2.45) is 0 Å². The van der Waals surface area contributed by atoms with Gasteiger partial charge in [0.1, 0.15) is 24.1 Å². The molecule has 0 bridgehead atoms. The second kappa shape index (κ2) is 7.92. The zero-order chi connectivity index (χ0) is 18.7. The molecule has 0 unspecified atom stereocenters. The number of aliphatic hydroxyl groups is 2. The van der Waals surface area contributed by atoms with Crippen molar-refractivity contribution in [1.29, 1.82) is 0 Å². The molecule has 0 saturated carbocycles. The molecule has 3 rings (SSSR count). The number of nitrogens with zero attached hydrogens (tertiary/aromatic N) is 6. The fourth-order valence-corrected chi connectivity index (χ4v) is 3.56. The van der Waals surface area contributed by atoms with E-state index in [-0.39, 0.29) is 25.3 Å². The predicted molar refractivity (Wildman–Crippen MR) is 99.1 cm³/mol. The van der Waals surface area contributed by atoms with Crippen LogP contribution in [0.15, 0.2) is 18.3 Å². The van der Waals surface area contributed by atoms with Crippen molar-refractivity contribution in [3.8, 4) is 0 Å². The lowest BCUT2D eigenvalue weighted by Crippen LogP contribution is -2.57. The summed E-state index contributed by atoms with van der Waals surface area (Å²) in [6, 6.07) is 4.33. The standard InChI is InChI=1S/C18H26N6O2/c1-12-8-18(22-16(11-26)20-12)23-9-13(2)24(14(3)10-23)17-4-6-19-15(21-17)5-7-25/h4,6,8,13-14,25-26H,5,7,9-11H2,1-3H3/t13-,14+. The summed E-state index contributed by atoms with van der Waals surface area (Å²) < 4.78 is 0. The van der Waals surface area contributed by atoms with Crippen molar-refractivity contribution in [3.63, 3.8) is 0 Å². The third-order valence-corrected chi connectivity index (χ3v) is 4.56. The fraction of sp³-hybridized carbons (Fsp3) is 0.556. The van der Waals surface area contributed by atoms with Crippen LogP contribution in [0.1, 0.15) is 31.2 Å².